The van der Waals surface area contributed by atoms with Crippen LogP contribution in [-0.2, 0) is 16.1 Å². The maximum Gasteiger partial charge on any atom is 0.331 e. The van der Waals surface area contributed by atoms with Gasteiger partial charge in [-0.1, -0.05) is 48.5 Å². The van der Waals surface area contributed by atoms with Crippen LogP contribution in [0, 0.1) is 0 Å². The van der Waals surface area contributed by atoms with Gasteiger partial charge in [-0.2, -0.15) is 0 Å². The van der Waals surface area contributed by atoms with Crippen LogP contribution in [0.25, 0.3) is 28.0 Å². The largest absolute Gasteiger partial charge is 0.452 e. The molecule has 0 aliphatic carbocycles. The first-order chi connectivity index (χ1) is 13.8. The van der Waals surface area contributed by atoms with E-state index in [9.17, 15) is 4.79 Å². The number of hydrogen-bond acceptors (Lipinski definition) is 6. The van der Waals surface area contributed by atoms with E-state index in [-0.39, 0.29) is 12.5 Å². The highest BCUT2D eigenvalue weighted by Crippen LogP contribution is 2.28. The summed E-state index contributed by atoms with van der Waals surface area (Å²) in [6.07, 6.45) is 3.14. The molecular weight excluding hydrogens is 372 g/mol. The second-order valence-corrected chi connectivity index (χ2v) is 6.99. The Morgan fingerprint density at radius 1 is 0.929 bits per heavy atom. The molecule has 0 amide bonds. The summed E-state index contributed by atoms with van der Waals surface area (Å²) in [6, 6.07) is 23.5. The lowest BCUT2D eigenvalue weighted by Crippen LogP contribution is -2.00. The van der Waals surface area contributed by atoms with Crippen molar-refractivity contribution in [1.29, 1.82) is 0 Å². The number of carbonyl (C=O) groups is 1. The molecule has 0 N–H and O–H groups in total. The van der Waals surface area contributed by atoms with Gasteiger partial charge in [0, 0.05) is 21.4 Å². The monoisotopic (exact) mass is 388 g/mol. The zero-order chi connectivity index (χ0) is 19.2. The van der Waals surface area contributed by atoms with Crippen molar-refractivity contribution in [1.82, 2.24) is 10.2 Å². The Labute approximate surface area is 165 Å². The molecule has 2 aromatic carbocycles. The standard InChI is InChI=1S/C22H16N2O3S/c25-21(14-12-18-11-13-19(28-18)16-7-3-1-4-8-16)26-15-20-23-24-22(27-20)17-9-5-2-6-10-17/h1-14H,15H2/b14-12+. The Morgan fingerprint density at radius 3 is 2.39 bits per heavy atom. The van der Waals surface area contributed by atoms with Crippen LogP contribution in [0.5, 0.6) is 0 Å². The van der Waals surface area contributed by atoms with Crippen molar-refractivity contribution in [3.63, 3.8) is 0 Å². The van der Waals surface area contributed by atoms with E-state index in [1.54, 1.807) is 17.4 Å². The van der Waals surface area contributed by atoms with Crippen molar-refractivity contribution in [2.75, 3.05) is 0 Å². The molecule has 4 aromatic rings. The Bertz CT molecular complexity index is 1090. The zero-order valence-corrected chi connectivity index (χ0v) is 15.6. The lowest BCUT2D eigenvalue weighted by Gasteiger charge is -1.97. The van der Waals surface area contributed by atoms with Crippen LogP contribution in [0.1, 0.15) is 10.8 Å². The zero-order valence-electron chi connectivity index (χ0n) is 14.8. The van der Waals surface area contributed by atoms with Crippen molar-refractivity contribution in [3.05, 3.63) is 89.6 Å². The highest BCUT2D eigenvalue weighted by Gasteiger charge is 2.09. The van der Waals surface area contributed by atoms with Gasteiger partial charge in [0.15, 0.2) is 6.61 Å². The van der Waals surface area contributed by atoms with Gasteiger partial charge < -0.3 is 9.15 Å². The molecule has 4 rings (SSSR count). The summed E-state index contributed by atoms with van der Waals surface area (Å²) < 4.78 is 10.7. The molecule has 0 atom stereocenters. The number of benzene rings is 2. The molecule has 0 saturated carbocycles. The highest BCUT2D eigenvalue weighted by atomic mass is 32.1. The van der Waals surface area contributed by atoms with Gasteiger partial charge >= 0.3 is 5.97 Å². The Morgan fingerprint density at radius 2 is 1.64 bits per heavy atom. The number of rotatable bonds is 6. The maximum atomic E-state index is 11.9. The molecule has 0 bridgehead atoms. The number of esters is 1. The van der Waals surface area contributed by atoms with E-state index < -0.39 is 5.97 Å². The number of aromatic nitrogens is 2. The van der Waals surface area contributed by atoms with Crippen LogP contribution in [0.3, 0.4) is 0 Å². The lowest BCUT2D eigenvalue weighted by atomic mass is 10.2. The van der Waals surface area contributed by atoms with Gasteiger partial charge in [-0.25, -0.2) is 4.79 Å². The first-order valence-electron chi connectivity index (χ1n) is 8.66. The molecular formula is C22H16N2O3S. The quantitative estimate of drug-likeness (QED) is 0.335. The summed E-state index contributed by atoms with van der Waals surface area (Å²) in [4.78, 5) is 14.1. The second kappa shape index (κ2) is 8.45. The summed E-state index contributed by atoms with van der Waals surface area (Å²) in [5.74, 6) is 0.187. The smallest absolute Gasteiger partial charge is 0.331 e. The number of carbonyl (C=O) groups excluding carboxylic acids is 1. The van der Waals surface area contributed by atoms with E-state index in [2.05, 4.69) is 22.3 Å². The van der Waals surface area contributed by atoms with Gasteiger partial charge in [0.1, 0.15) is 0 Å². The second-order valence-electron chi connectivity index (χ2n) is 5.88. The number of ether oxygens (including phenoxy) is 1. The van der Waals surface area contributed by atoms with Crippen molar-refractivity contribution < 1.29 is 13.9 Å². The Hall–Kier alpha value is -3.51. The molecule has 0 saturated heterocycles. The predicted molar refractivity (Wildman–Crippen MR) is 108 cm³/mol. The van der Waals surface area contributed by atoms with E-state index in [1.165, 1.54) is 6.08 Å². The summed E-state index contributed by atoms with van der Waals surface area (Å²) in [5, 5.41) is 7.87. The summed E-state index contributed by atoms with van der Waals surface area (Å²) >= 11 is 1.61. The molecule has 138 valence electrons. The van der Waals surface area contributed by atoms with Gasteiger partial charge in [0.2, 0.25) is 5.89 Å². The van der Waals surface area contributed by atoms with Crippen LogP contribution in [0.2, 0.25) is 0 Å². The molecule has 5 nitrogen and oxygen atoms in total. The lowest BCUT2D eigenvalue weighted by molar-refractivity contribution is -0.139. The third-order valence-electron chi connectivity index (χ3n) is 3.89. The molecule has 6 heteroatoms. The van der Waals surface area contributed by atoms with Crippen molar-refractivity contribution in [3.8, 4) is 21.9 Å². The first-order valence-corrected chi connectivity index (χ1v) is 9.47. The fraction of sp³-hybridized carbons (Fsp3) is 0.0455. The molecule has 2 aromatic heterocycles. The van der Waals surface area contributed by atoms with E-state index in [1.807, 2.05) is 60.7 Å². The van der Waals surface area contributed by atoms with Gasteiger partial charge in [-0.3, -0.25) is 0 Å². The van der Waals surface area contributed by atoms with Gasteiger partial charge in [0.05, 0.1) is 0 Å². The molecule has 0 aliphatic rings. The third-order valence-corrected chi connectivity index (χ3v) is 4.99. The first kappa shape index (κ1) is 17.9. The van der Waals surface area contributed by atoms with Crippen LogP contribution in [0.15, 0.2) is 83.3 Å². The average Bonchev–Trinajstić information content (AvgIpc) is 3.42. The topological polar surface area (TPSA) is 65.2 Å². The van der Waals surface area contributed by atoms with Crippen molar-refractivity contribution in [2.45, 2.75) is 6.61 Å². The molecule has 0 radical (unpaired) electrons. The summed E-state index contributed by atoms with van der Waals surface area (Å²) in [7, 11) is 0. The average molecular weight is 388 g/mol. The summed E-state index contributed by atoms with van der Waals surface area (Å²) in [6.45, 7) is -0.0668. The molecule has 0 spiro atoms. The third kappa shape index (κ3) is 4.42. The Kier molecular flexibility index (Phi) is 5.40. The maximum absolute atomic E-state index is 11.9. The van der Waals surface area contributed by atoms with Crippen LogP contribution >= 0.6 is 11.3 Å². The molecule has 28 heavy (non-hydrogen) atoms. The Balaban J connectivity index is 1.33. The molecule has 0 unspecified atom stereocenters. The van der Waals surface area contributed by atoms with E-state index in [4.69, 9.17) is 9.15 Å². The van der Waals surface area contributed by atoms with Crippen molar-refractivity contribution in [2.24, 2.45) is 0 Å². The van der Waals surface area contributed by atoms with Crippen LogP contribution in [0.4, 0.5) is 0 Å². The van der Waals surface area contributed by atoms with Crippen LogP contribution in [-0.4, -0.2) is 16.2 Å². The normalized spacial score (nSPS) is 11.0. The number of hydrogen-bond donors (Lipinski definition) is 0. The predicted octanol–water partition coefficient (Wildman–Crippen LogP) is 5.22. The number of nitrogens with zero attached hydrogens (tertiary/aromatic N) is 2. The highest BCUT2D eigenvalue weighted by molar-refractivity contribution is 7.16. The van der Waals surface area contributed by atoms with Gasteiger partial charge in [0.25, 0.3) is 5.89 Å². The summed E-state index contributed by atoms with van der Waals surface area (Å²) in [5.41, 5.74) is 1.97. The van der Waals surface area contributed by atoms with E-state index in [0.717, 1.165) is 20.9 Å². The van der Waals surface area contributed by atoms with Gasteiger partial charge in [-0.05, 0) is 35.9 Å². The fourth-order valence-electron chi connectivity index (χ4n) is 2.54. The van der Waals surface area contributed by atoms with Gasteiger partial charge in [-0.15, -0.1) is 21.5 Å². The SMILES string of the molecule is O=C(/C=C/c1ccc(-c2ccccc2)s1)OCc1nnc(-c2ccccc2)o1. The minimum absolute atomic E-state index is 0.0668. The van der Waals surface area contributed by atoms with E-state index in [0.29, 0.717) is 5.89 Å². The molecule has 0 fully saturated rings. The van der Waals surface area contributed by atoms with Crippen LogP contribution < -0.4 is 0 Å². The van der Waals surface area contributed by atoms with E-state index >= 15 is 0 Å². The number of thiophene rings is 1. The molecule has 2 heterocycles. The van der Waals surface area contributed by atoms with Crippen molar-refractivity contribution >= 4 is 23.4 Å². The minimum atomic E-state index is -0.464. The fourth-order valence-corrected chi connectivity index (χ4v) is 3.46. The minimum Gasteiger partial charge on any atom is -0.452 e. The molecule has 0 aliphatic heterocycles.